The zero-order chi connectivity index (χ0) is 21.1. The first-order chi connectivity index (χ1) is 14.5. The minimum absolute atomic E-state index is 0.951. The molecule has 4 rings (SSSR count). The summed E-state index contributed by atoms with van der Waals surface area (Å²) in [6.45, 7) is 12.8. The molecule has 0 unspecified atom stereocenters. The van der Waals surface area contributed by atoms with Crippen molar-refractivity contribution in [1.82, 2.24) is 9.80 Å². The Morgan fingerprint density at radius 2 is 0.900 bits per heavy atom. The maximum Gasteiger partial charge on any atom is 0.0941 e. The first-order valence-corrected chi connectivity index (χ1v) is 11.0. The van der Waals surface area contributed by atoms with Crippen molar-refractivity contribution in [2.24, 2.45) is 0 Å². The molecule has 4 heteroatoms. The van der Waals surface area contributed by atoms with Crippen LogP contribution in [0.4, 0.5) is 11.4 Å². The van der Waals surface area contributed by atoms with Crippen LogP contribution in [0, 0.1) is 27.7 Å². The number of hydrogen-bond donors (Lipinski definition) is 0. The van der Waals surface area contributed by atoms with Gasteiger partial charge in [0, 0.05) is 49.3 Å². The second-order valence-corrected chi connectivity index (χ2v) is 8.84. The number of anilines is 2. The van der Waals surface area contributed by atoms with E-state index in [4.69, 9.17) is 0 Å². The van der Waals surface area contributed by atoms with Gasteiger partial charge < -0.3 is 19.6 Å². The molecule has 158 valence electrons. The van der Waals surface area contributed by atoms with E-state index in [0.29, 0.717) is 0 Å². The average Bonchev–Trinajstić information content (AvgIpc) is 3.33. The summed E-state index contributed by atoms with van der Waals surface area (Å²) >= 11 is 0. The molecule has 2 aromatic carbocycles. The Hall–Kier alpha value is -2.88. The summed E-state index contributed by atoms with van der Waals surface area (Å²) in [5.41, 5.74) is 7.88. The third-order valence-corrected chi connectivity index (χ3v) is 5.80. The van der Waals surface area contributed by atoms with Crippen molar-refractivity contribution in [1.29, 1.82) is 0 Å². The third kappa shape index (κ3) is 4.99. The number of rotatable bonds is 7. The van der Waals surface area contributed by atoms with Gasteiger partial charge in [0.05, 0.1) is 13.3 Å². The lowest BCUT2D eigenvalue weighted by molar-refractivity contribution is 0.354. The topological polar surface area (TPSA) is 13.0 Å². The zero-order valence-corrected chi connectivity index (χ0v) is 18.8. The van der Waals surface area contributed by atoms with Crippen molar-refractivity contribution in [2.75, 3.05) is 36.2 Å². The van der Waals surface area contributed by atoms with E-state index in [1.54, 1.807) is 0 Å². The fourth-order valence-corrected chi connectivity index (χ4v) is 4.42. The summed E-state index contributed by atoms with van der Waals surface area (Å²) < 4.78 is 0. The van der Waals surface area contributed by atoms with Gasteiger partial charge in [-0.1, -0.05) is 12.1 Å². The monoisotopic (exact) mass is 402 g/mol. The van der Waals surface area contributed by atoms with Crippen molar-refractivity contribution in [3.05, 3.63) is 83.5 Å². The Labute approximate surface area is 181 Å². The SMILES string of the molecule is Cc1cc(C)cc(N2C=CN(CCCCN3C=CN(c4cc(C)cc(C)c4)C3)C2)c1. The van der Waals surface area contributed by atoms with Crippen LogP contribution >= 0.6 is 0 Å². The largest absolute Gasteiger partial charge is 0.358 e. The van der Waals surface area contributed by atoms with E-state index in [-0.39, 0.29) is 0 Å². The summed E-state index contributed by atoms with van der Waals surface area (Å²) in [6.07, 6.45) is 11.3. The standard InChI is InChI=1S/C26H34N4/c1-21-13-22(2)16-25(15-21)29-11-9-27(19-29)7-5-6-8-28-10-12-30(20-28)26-17-23(3)14-24(4)18-26/h9-18H,5-8,19-20H2,1-4H3. The highest BCUT2D eigenvalue weighted by Gasteiger charge is 2.16. The molecule has 0 aromatic heterocycles. The van der Waals surface area contributed by atoms with E-state index in [9.17, 15) is 0 Å². The van der Waals surface area contributed by atoms with Crippen molar-refractivity contribution < 1.29 is 0 Å². The van der Waals surface area contributed by atoms with Crippen molar-refractivity contribution in [3.8, 4) is 0 Å². The number of hydrogen-bond acceptors (Lipinski definition) is 4. The van der Waals surface area contributed by atoms with Crippen LogP contribution in [0.3, 0.4) is 0 Å². The molecule has 30 heavy (non-hydrogen) atoms. The van der Waals surface area contributed by atoms with E-state index in [0.717, 1.165) is 26.4 Å². The molecule has 2 aromatic rings. The van der Waals surface area contributed by atoms with Crippen LogP contribution in [0.5, 0.6) is 0 Å². The summed E-state index contributed by atoms with van der Waals surface area (Å²) in [4.78, 5) is 9.51. The Kier molecular flexibility index (Phi) is 6.03. The molecule has 0 N–H and O–H groups in total. The molecule has 0 fully saturated rings. The molecule has 2 heterocycles. The highest BCUT2D eigenvalue weighted by molar-refractivity contribution is 5.54. The lowest BCUT2D eigenvalue weighted by Gasteiger charge is -2.24. The van der Waals surface area contributed by atoms with Gasteiger partial charge in [-0.25, -0.2) is 0 Å². The van der Waals surface area contributed by atoms with Gasteiger partial charge in [-0.3, -0.25) is 0 Å². The molecule has 0 aliphatic carbocycles. The lowest BCUT2D eigenvalue weighted by atomic mass is 10.1. The van der Waals surface area contributed by atoms with Crippen molar-refractivity contribution in [3.63, 3.8) is 0 Å². The van der Waals surface area contributed by atoms with Crippen LogP contribution in [-0.2, 0) is 0 Å². The van der Waals surface area contributed by atoms with E-state index < -0.39 is 0 Å². The predicted molar refractivity (Wildman–Crippen MR) is 127 cm³/mol. The average molecular weight is 403 g/mol. The van der Waals surface area contributed by atoms with Gasteiger partial charge in [0.25, 0.3) is 0 Å². The van der Waals surface area contributed by atoms with Gasteiger partial charge in [0.15, 0.2) is 0 Å². The lowest BCUT2D eigenvalue weighted by Crippen LogP contribution is -2.28. The van der Waals surface area contributed by atoms with E-state index >= 15 is 0 Å². The molecule has 2 aliphatic heterocycles. The molecule has 4 nitrogen and oxygen atoms in total. The minimum Gasteiger partial charge on any atom is -0.358 e. The molecule has 0 radical (unpaired) electrons. The Balaban J connectivity index is 1.18. The van der Waals surface area contributed by atoms with Gasteiger partial charge in [0.1, 0.15) is 0 Å². The van der Waals surface area contributed by atoms with Gasteiger partial charge in [0.2, 0.25) is 0 Å². The number of benzene rings is 2. The predicted octanol–water partition coefficient (Wildman–Crippen LogP) is 5.50. The number of nitrogens with zero attached hydrogens (tertiary/aromatic N) is 4. The van der Waals surface area contributed by atoms with E-state index in [1.165, 1.54) is 46.5 Å². The van der Waals surface area contributed by atoms with Crippen molar-refractivity contribution >= 4 is 11.4 Å². The van der Waals surface area contributed by atoms with Gasteiger partial charge in [-0.2, -0.15) is 0 Å². The maximum atomic E-state index is 2.42. The summed E-state index contributed by atoms with van der Waals surface area (Å²) in [5, 5.41) is 0. The molecule has 0 saturated heterocycles. The van der Waals surface area contributed by atoms with E-state index in [2.05, 4.69) is 108 Å². The molecule has 0 bridgehead atoms. The quantitative estimate of drug-likeness (QED) is 0.567. The molecular weight excluding hydrogens is 368 g/mol. The molecular formula is C26H34N4. The zero-order valence-electron chi connectivity index (χ0n) is 18.8. The molecule has 0 saturated carbocycles. The second kappa shape index (κ2) is 8.86. The first-order valence-electron chi connectivity index (χ1n) is 11.0. The summed E-state index contributed by atoms with van der Waals surface area (Å²) in [5.74, 6) is 0. The normalized spacial score (nSPS) is 15.7. The summed E-state index contributed by atoms with van der Waals surface area (Å²) in [6, 6.07) is 13.5. The van der Waals surface area contributed by atoms with E-state index in [1.807, 2.05) is 0 Å². The fourth-order valence-electron chi connectivity index (χ4n) is 4.42. The number of aryl methyl sites for hydroxylation is 4. The van der Waals surface area contributed by atoms with Gasteiger partial charge in [-0.05, 0) is 87.1 Å². The Morgan fingerprint density at radius 3 is 1.27 bits per heavy atom. The third-order valence-electron chi connectivity index (χ3n) is 5.80. The van der Waals surface area contributed by atoms with Crippen LogP contribution in [0.25, 0.3) is 0 Å². The smallest absolute Gasteiger partial charge is 0.0941 e. The maximum absolute atomic E-state index is 2.42. The molecule has 0 spiro atoms. The minimum atomic E-state index is 0.951. The van der Waals surface area contributed by atoms with Crippen LogP contribution < -0.4 is 9.80 Å². The fraction of sp³-hybridized carbons (Fsp3) is 0.385. The second-order valence-electron chi connectivity index (χ2n) is 8.84. The van der Waals surface area contributed by atoms with Crippen LogP contribution in [-0.4, -0.2) is 36.2 Å². The van der Waals surface area contributed by atoms with Gasteiger partial charge >= 0.3 is 0 Å². The molecule has 2 aliphatic rings. The van der Waals surface area contributed by atoms with Crippen LogP contribution in [0.15, 0.2) is 61.2 Å². The highest BCUT2D eigenvalue weighted by Crippen LogP contribution is 2.24. The van der Waals surface area contributed by atoms with Crippen molar-refractivity contribution in [2.45, 2.75) is 40.5 Å². The molecule has 0 atom stereocenters. The van der Waals surface area contributed by atoms with Crippen LogP contribution in [0.1, 0.15) is 35.1 Å². The first kappa shape index (κ1) is 20.4. The Bertz CT molecular complexity index is 828. The Morgan fingerprint density at radius 1 is 0.533 bits per heavy atom. The summed E-state index contributed by atoms with van der Waals surface area (Å²) in [7, 11) is 0. The number of unbranched alkanes of at least 4 members (excludes halogenated alkanes) is 1. The molecule has 0 amide bonds. The van der Waals surface area contributed by atoms with Gasteiger partial charge in [-0.15, -0.1) is 0 Å². The highest BCUT2D eigenvalue weighted by atomic mass is 15.3. The van der Waals surface area contributed by atoms with Crippen LogP contribution in [0.2, 0.25) is 0 Å².